The van der Waals surface area contributed by atoms with E-state index in [0.29, 0.717) is 17.5 Å². The molecule has 1 fully saturated rings. The van der Waals surface area contributed by atoms with Crippen molar-refractivity contribution in [2.24, 2.45) is 4.99 Å². The fourth-order valence-electron chi connectivity index (χ4n) is 2.95. The first-order valence-electron chi connectivity index (χ1n) is 9.20. The van der Waals surface area contributed by atoms with Gasteiger partial charge in [0.05, 0.1) is 6.54 Å². The highest BCUT2D eigenvalue weighted by atomic mass is 32.1. The molecule has 2 aromatic heterocycles. The lowest BCUT2D eigenvalue weighted by Gasteiger charge is -2.34. The summed E-state index contributed by atoms with van der Waals surface area (Å²) in [4.78, 5) is 16.8. The second kappa shape index (κ2) is 9.40. The number of pyridine rings is 1. The lowest BCUT2D eigenvalue weighted by atomic mass is 10.2. The molecule has 0 atom stereocenters. The molecule has 2 aromatic rings. The molecule has 1 aliphatic heterocycles. The molecule has 0 bridgehead atoms. The molecule has 0 unspecified atom stereocenters. The average Bonchev–Trinajstić information content (AvgIpc) is 3.19. The Balaban J connectivity index is 1.57. The standard InChI is InChI=1S/C18H24F3N7S/c1-22-17(25-11-15-26-14(12-29-15)18(19,20)21)24-10-13-4-3-5-23-16(13)28-8-6-27(2)7-9-28/h3-5,12H,6-11H2,1-2H3,(H2,22,24,25). The first kappa shape index (κ1) is 21.3. The minimum absolute atomic E-state index is 0.165. The number of guanidine groups is 1. The van der Waals surface area contributed by atoms with Crippen molar-refractivity contribution in [1.29, 1.82) is 0 Å². The van der Waals surface area contributed by atoms with Crippen LogP contribution in [0.1, 0.15) is 16.3 Å². The topological polar surface area (TPSA) is 68.7 Å². The quantitative estimate of drug-likeness (QED) is 0.563. The van der Waals surface area contributed by atoms with E-state index in [2.05, 4.69) is 42.4 Å². The number of thiazole rings is 1. The number of anilines is 1. The minimum atomic E-state index is -4.42. The molecule has 3 heterocycles. The number of alkyl halides is 3. The number of nitrogens with zero attached hydrogens (tertiary/aromatic N) is 5. The van der Waals surface area contributed by atoms with E-state index in [4.69, 9.17) is 0 Å². The van der Waals surface area contributed by atoms with Crippen molar-refractivity contribution >= 4 is 23.1 Å². The Morgan fingerprint density at radius 3 is 2.59 bits per heavy atom. The Bertz CT molecular complexity index is 829. The number of piperazine rings is 1. The molecule has 1 saturated heterocycles. The highest BCUT2D eigenvalue weighted by Gasteiger charge is 2.33. The number of aliphatic imine (C=N–C) groups is 1. The summed E-state index contributed by atoms with van der Waals surface area (Å²) in [6, 6.07) is 3.90. The lowest BCUT2D eigenvalue weighted by molar-refractivity contribution is -0.140. The van der Waals surface area contributed by atoms with Gasteiger partial charge in [0.2, 0.25) is 0 Å². The van der Waals surface area contributed by atoms with Crippen LogP contribution >= 0.6 is 11.3 Å². The third-order valence-corrected chi connectivity index (χ3v) is 5.44. The van der Waals surface area contributed by atoms with Gasteiger partial charge in [-0.25, -0.2) is 9.97 Å². The van der Waals surface area contributed by atoms with Crippen molar-refractivity contribution in [2.45, 2.75) is 19.3 Å². The summed E-state index contributed by atoms with van der Waals surface area (Å²) >= 11 is 0.968. The van der Waals surface area contributed by atoms with E-state index in [1.807, 2.05) is 12.1 Å². The van der Waals surface area contributed by atoms with E-state index in [9.17, 15) is 13.2 Å². The largest absolute Gasteiger partial charge is 0.434 e. The number of nitrogens with one attached hydrogen (secondary N) is 2. The van der Waals surface area contributed by atoms with E-state index in [0.717, 1.165) is 54.3 Å². The monoisotopic (exact) mass is 427 g/mol. The summed E-state index contributed by atoms with van der Waals surface area (Å²) in [5, 5.41) is 7.57. The molecule has 11 heteroatoms. The minimum Gasteiger partial charge on any atom is -0.354 e. The molecular formula is C18H24F3N7S. The molecule has 0 amide bonds. The maximum absolute atomic E-state index is 12.7. The van der Waals surface area contributed by atoms with Gasteiger partial charge in [0.1, 0.15) is 10.8 Å². The van der Waals surface area contributed by atoms with Crippen molar-refractivity contribution in [3.8, 4) is 0 Å². The van der Waals surface area contributed by atoms with Gasteiger partial charge in [-0.1, -0.05) is 6.07 Å². The number of aromatic nitrogens is 2. The zero-order valence-corrected chi connectivity index (χ0v) is 17.1. The second-order valence-corrected chi connectivity index (χ2v) is 7.62. The van der Waals surface area contributed by atoms with Crippen molar-refractivity contribution in [1.82, 2.24) is 25.5 Å². The van der Waals surface area contributed by atoms with Gasteiger partial charge in [0.25, 0.3) is 0 Å². The molecule has 0 aliphatic carbocycles. The van der Waals surface area contributed by atoms with Crippen LogP contribution in [0, 0.1) is 0 Å². The van der Waals surface area contributed by atoms with E-state index in [1.165, 1.54) is 0 Å². The number of rotatable bonds is 5. The summed E-state index contributed by atoms with van der Waals surface area (Å²) in [5.41, 5.74) is 0.169. The van der Waals surface area contributed by atoms with Gasteiger partial charge in [-0.05, 0) is 13.1 Å². The lowest BCUT2D eigenvalue weighted by Crippen LogP contribution is -2.45. The molecule has 0 aromatic carbocycles. The Labute approximate surface area is 171 Å². The molecule has 29 heavy (non-hydrogen) atoms. The van der Waals surface area contributed by atoms with Crippen molar-refractivity contribution in [2.75, 3.05) is 45.2 Å². The molecule has 0 radical (unpaired) electrons. The molecule has 0 saturated carbocycles. The first-order valence-corrected chi connectivity index (χ1v) is 10.1. The summed E-state index contributed by atoms with van der Waals surface area (Å²) < 4.78 is 38.0. The van der Waals surface area contributed by atoms with Gasteiger partial charge < -0.3 is 20.4 Å². The number of hydrogen-bond donors (Lipinski definition) is 2. The predicted octanol–water partition coefficient (Wildman–Crippen LogP) is 2.17. The zero-order valence-electron chi connectivity index (χ0n) is 16.3. The predicted molar refractivity (Wildman–Crippen MR) is 108 cm³/mol. The molecular weight excluding hydrogens is 403 g/mol. The fraction of sp³-hybridized carbons (Fsp3) is 0.500. The Hall–Kier alpha value is -2.40. The maximum atomic E-state index is 12.7. The molecule has 158 valence electrons. The number of likely N-dealkylation sites (N-methyl/N-ethyl adjacent to an activating group) is 1. The second-order valence-electron chi connectivity index (χ2n) is 6.68. The van der Waals surface area contributed by atoms with Crippen LogP contribution in [0.5, 0.6) is 0 Å². The van der Waals surface area contributed by atoms with Crippen LogP contribution < -0.4 is 15.5 Å². The van der Waals surface area contributed by atoms with Crippen LogP contribution in [0.3, 0.4) is 0 Å². The smallest absolute Gasteiger partial charge is 0.354 e. The zero-order chi connectivity index (χ0) is 20.9. The Morgan fingerprint density at radius 1 is 1.21 bits per heavy atom. The SMILES string of the molecule is CN=C(NCc1nc(C(F)(F)F)cs1)NCc1cccnc1N1CCN(C)CC1. The van der Waals surface area contributed by atoms with Gasteiger partial charge in [0, 0.05) is 56.9 Å². The third kappa shape index (κ3) is 5.80. The summed E-state index contributed by atoms with van der Waals surface area (Å²) in [7, 11) is 3.72. The van der Waals surface area contributed by atoms with Crippen LogP contribution in [0.4, 0.5) is 19.0 Å². The number of hydrogen-bond acceptors (Lipinski definition) is 6. The van der Waals surface area contributed by atoms with Crippen LogP contribution in [0.25, 0.3) is 0 Å². The van der Waals surface area contributed by atoms with Gasteiger partial charge in [-0.2, -0.15) is 13.2 Å². The van der Waals surface area contributed by atoms with Gasteiger partial charge in [-0.3, -0.25) is 4.99 Å². The van der Waals surface area contributed by atoms with Crippen molar-refractivity contribution in [3.05, 3.63) is 40.0 Å². The van der Waals surface area contributed by atoms with Crippen molar-refractivity contribution in [3.63, 3.8) is 0 Å². The van der Waals surface area contributed by atoms with E-state index < -0.39 is 11.9 Å². The summed E-state index contributed by atoms with van der Waals surface area (Å²) in [5.74, 6) is 1.43. The van der Waals surface area contributed by atoms with Gasteiger partial charge in [-0.15, -0.1) is 11.3 Å². The first-order chi connectivity index (χ1) is 13.9. The van der Waals surface area contributed by atoms with Crippen LogP contribution in [-0.4, -0.2) is 61.1 Å². The normalized spacial score (nSPS) is 16.2. The third-order valence-electron chi connectivity index (χ3n) is 4.59. The highest BCUT2D eigenvalue weighted by molar-refractivity contribution is 7.09. The number of halogens is 3. The maximum Gasteiger partial charge on any atom is 0.434 e. The van der Waals surface area contributed by atoms with E-state index >= 15 is 0 Å². The summed E-state index contributed by atoms with van der Waals surface area (Å²) in [6.07, 6.45) is -2.64. The molecule has 7 nitrogen and oxygen atoms in total. The molecule has 3 rings (SSSR count). The Morgan fingerprint density at radius 2 is 1.93 bits per heavy atom. The van der Waals surface area contributed by atoms with Gasteiger partial charge in [0.15, 0.2) is 11.7 Å². The Kier molecular flexibility index (Phi) is 6.91. The van der Waals surface area contributed by atoms with Crippen LogP contribution in [-0.2, 0) is 19.3 Å². The average molecular weight is 428 g/mol. The van der Waals surface area contributed by atoms with E-state index in [1.54, 1.807) is 13.2 Å². The van der Waals surface area contributed by atoms with Crippen LogP contribution in [0.15, 0.2) is 28.7 Å². The van der Waals surface area contributed by atoms with Crippen molar-refractivity contribution < 1.29 is 13.2 Å². The molecule has 1 aliphatic rings. The summed E-state index contributed by atoms with van der Waals surface area (Å²) in [6.45, 7) is 4.47. The van der Waals surface area contributed by atoms with E-state index in [-0.39, 0.29) is 6.54 Å². The fourth-order valence-corrected chi connectivity index (χ4v) is 3.69. The highest BCUT2D eigenvalue weighted by Crippen LogP contribution is 2.29. The molecule has 0 spiro atoms. The van der Waals surface area contributed by atoms with Crippen LogP contribution in [0.2, 0.25) is 0 Å². The van der Waals surface area contributed by atoms with Gasteiger partial charge >= 0.3 is 6.18 Å². The molecule has 2 N–H and O–H groups in total.